The number of rotatable bonds is 7. The minimum atomic E-state index is 0.483. The second-order valence-electron chi connectivity index (χ2n) is 5.74. The number of likely N-dealkylation sites (tertiary alicyclic amines) is 1. The highest BCUT2D eigenvalue weighted by atomic mass is 15.2. The number of hydrogen-bond acceptors (Lipinski definition) is 2. The van der Waals surface area contributed by atoms with Gasteiger partial charge in [-0.05, 0) is 37.4 Å². The van der Waals surface area contributed by atoms with Gasteiger partial charge in [-0.2, -0.15) is 0 Å². The van der Waals surface area contributed by atoms with Crippen LogP contribution in [0, 0.1) is 5.92 Å². The zero-order valence-electron chi connectivity index (χ0n) is 12.4. The monoisotopic (exact) mass is 260 g/mol. The summed E-state index contributed by atoms with van der Waals surface area (Å²) in [4.78, 5) is 2.63. The largest absolute Gasteiger partial charge is 0.309 e. The molecule has 2 unspecified atom stereocenters. The molecule has 2 rings (SSSR count). The van der Waals surface area contributed by atoms with E-state index in [1.165, 1.54) is 37.9 Å². The quantitative estimate of drug-likeness (QED) is 0.807. The Hall–Kier alpha value is -0.860. The molecule has 1 aliphatic heterocycles. The molecule has 0 aromatic heterocycles. The van der Waals surface area contributed by atoms with E-state index < -0.39 is 0 Å². The Morgan fingerprint density at radius 2 is 2.05 bits per heavy atom. The number of benzene rings is 1. The molecule has 0 spiro atoms. The minimum Gasteiger partial charge on any atom is -0.309 e. The van der Waals surface area contributed by atoms with Crippen LogP contribution in [0.3, 0.4) is 0 Å². The summed E-state index contributed by atoms with van der Waals surface area (Å²) < 4.78 is 0. The molecule has 1 aromatic rings. The van der Waals surface area contributed by atoms with Crippen molar-refractivity contribution in [3.63, 3.8) is 0 Å². The van der Waals surface area contributed by atoms with Gasteiger partial charge in [-0.3, -0.25) is 0 Å². The van der Waals surface area contributed by atoms with Gasteiger partial charge in [-0.25, -0.2) is 0 Å². The SMILES string of the molecule is CCCNC(CN1CCC(CC)C1)c1ccccc1. The summed E-state index contributed by atoms with van der Waals surface area (Å²) in [6, 6.07) is 11.4. The Balaban J connectivity index is 1.94. The highest BCUT2D eigenvalue weighted by Crippen LogP contribution is 2.22. The van der Waals surface area contributed by atoms with Crippen molar-refractivity contribution >= 4 is 0 Å². The van der Waals surface area contributed by atoms with Crippen LogP contribution in [0.4, 0.5) is 0 Å². The molecule has 2 heteroatoms. The topological polar surface area (TPSA) is 15.3 Å². The van der Waals surface area contributed by atoms with Crippen LogP contribution in [-0.4, -0.2) is 31.1 Å². The Morgan fingerprint density at radius 3 is 2.68 bits per heavy atom. The predicted octanol–water partition coefficient (Wildman–Crippen LogP) is 3.46. The average molecular weight is 260 g/mol. The number of hydrogen-bond donors (Lipinski definition) is 1. The Bertz CT molecular complexity index is 350. The van der Waals surface area contributed by atoms with Gasteiger partial charge in [0.15, 0.2) is 0 Å². The molecule has 1 aromatic carbocycles. The highest BCUT2D eigenvalue weighted by molar-refractivity contribution is 5.19. The van der Waals surface area contributed by atoms with Gasteiger partial charge >= 0.3 is 0 Å². The van der Waals surface area contributed by atoms with E-state index in [0.717, 1.165) is 19.0 Å². The average Bonchev–Trinajstić information content (AvgIpc) is 2.92. The molecule has 0 saturated carbocycles. The van der Waals surface area contributed by atoms with Gasteiger partial charge in [0.05, 0.1) is 0 Å². The molecule has 106 valence electrons. The van der Waals surface area contributed by atoms with E-state index in [1.807, 2.05) is 0 Å². The first-order chi connectivity index (χ1) is 9.33. The molecule has 0 amide bonds. The summed E-state index contributed by atoms with van der Waals surface area (Å²) in [5.74, 6) is 0.919. The van der Waals surface area contributed by atoms with E-state index in [-0.39, 0.29) is 0 Å². The Morgan fingerprint density at radius 1 is 1.26 bits per heavy atom. The van der Waals surface area contributed by atoms with E-state index >= 15 is 0 Å². The molecule has 1 saturated heterocycles. The minimum absolute atomic E-state index is 0.483. The van der Waals surface area contributed by atoms with Crippen LogP contribution < -0.4 is 5.32 Å². The molecule has 0 bridgehead atoms. The van der Waals surface area contributed by atoms with Crippen LogP contribution in [0.2, 0.25) is 0 Å². The first kappa shape index (κ1) is 14.5. The van der Waals surface area contributed by atoms with E-state index in [1.54, 1.807) is 0 Å². The molecule has 0 aliphatic carbocycles. The van der Waals surface area contributed by atoms with Crippen molar-refractivity contribution in [3.05, 3.63) is 35.9 Å². The summed E-state index contributed by atoms with van der Waals surface area (Å²) >= 11 is 0. The third kappa shape index (κ3) is 4.32. The third-order valence-electron chi connectivity index (χ3n) is 4.23. The maximum absolute atomic E-state index is 3.70. The fraction of sp³-hybridized carbons (Fsp3) is 0.647. The molecule has 2 nitrogen and oxygen atoms in total. The molecule has 1 aliphatic rings. The van der Waals surface area contributed by atoms with Gasteiger partial charge in [0.1, 0.15) is 0 Å². The summed E-state index contributed by atoms with van der Waals surface area (Å²) in [7, 11) is 0. The highest BCUT2D eigenvalue weighted by Gasteiger charge is 2.23. The first-order valence-corrected chi connectivity index (χ1v) is 7.84. The summed E-state index contributed by atoms with van der Waals surface area (Å²) in [6.45, 7) is 9.37. The van der Waals surface area contributed by atoms with E-state index in [0.29, 0.717) is 6.04 Å². The Kier molecular flexibility index (Phi) is 5.87. The standard InChI is InChI=1S/C17H28N2/c1-3-11-18-17(16-8-6-5-7-9-16)14-19-12-10-15(4-2)13-19/h5-9,15,17-18H,3-4,10-14H2,1-2H3. The van der Waals surface area contributed by atoms with Crippen molar-refractivity contribution in [2.24, 2.45) is 5.92 Å². The first-order valence-electron chi connectivity index (χ1n) is 7.84. The Labute approximate surface area is 118 Å². The zero-order valence-corrected chi connectivity index (χ0v) is 12.4. The van der Waals surface area contributed by atoms with Crippen molar-refractivity contribution in [2.45, 2.75) is 39.2 Å². The molecular formula is C17H28N2. The maximum Gasteiger partial charge on any atom is 0.0449 e. The van der Waals surface area contributed by atoms with Gasteiger partial charge in [0.2, 0.25) is 0 Å². The van der Waals surface area contributed by atoms with Crippen LogP contribution in [0.5, 0.6) is 0 Å². The summed E-state index contributed by atoms with van der Waals surface area (Å²) in [5.41, 5.74) is 1.43. The zero-order chi connectivity index (χ0) is 13.5. The molecular weight excluding hydrogens is 232 g/mol. The van der Waals surface area contributed by atoms with E-state index in [2.05, 4.69) is 54.4 Å². The van der Waals surface area contributed by atoms with Crippen molar-refractivity contribution in [2.75, 3.05) is 26.2 Å². The number of nitrogens with zero attached hydrogens (tertiary/aromatic N) is 1. The third-order valence-corrected chi connectivity index (χ3v) is 4.23. The number of nitrogens with one attached hydrogen (secondary N) is 1. The lowest BCUT2D eigenvalue weighted by Crippen LogP contribution is -2.34. The van der Waals surface area contributed by atoms with Crippen LogP contribution in [0.15, 0.2) is 30.3 Å². The lowest BCUT2D eigenvalue weighted by molar-refractivity contribution is 0.281. The maximum atomic E-state index is 3.70. The van der Waals surface area contributed by atoms with Crippen molar-refractivity contribution in [3.8, 4) is 0 Å². The van der Waals surface area contributed by atoms with Crippen molar-refractivity contribution in [1.29, 1.82) is 0 Å². The fourth-order valence-corrected chi connectivity index (χ4v) is 2.96. The van der Waals surface area contributed by atoms with Crippen molar-refractivity contribution < 1.29 is 0 Å². The van der Waals surface area contributed by atoms with E-state index in [4.69, 9.17) is 0 Å². The van der Waals surface area contributed by atoms with E-state index in [9.17, 15) is 0 Å². The van der Waals surface area contributed by atoms with Gasteiger partial charge < -0.3 is 10.2 Å². The second-order valence-corrected chi connectivity index (χ2v) is 5.74. The fourth-order valence-electron chi connectivity index (χ4n) is 2.96. The molecule has 1 fully saturated rings. The lowest BCUT2D eigenvalue weighted by atomic mass is 10.1. The molecule has 19 heavy (non-hydrogen) atoms. The normalized spacial score (nSPS) is 21.7. The summed E-state index contributed by atoms with van der Waals surface area (Å²) in [6.07, 6.45) is 3.90. The lowest BCUT2D eigenvalue weighted by Gasteiger charge is -2.25. The van der Waals surface area contributed by atoms with Gasteiger partial charge in [-0.1, -0.05) is 50.6 Å². The van der Waals surface area contributed by atoms with Gasteiger partial charge in [-0.15, -0.1) is 0 Å². The van der Waals surface area contributed by atoms with Crippen LogP contribution in [0.1, 0.15) is 44.7 Å². The molecule has 1 heterocycles. The smallest absolute Gasteiger partial charge is 0.0449 e. The van der Waals surface area contributed by atoms with Crippen molar-refractivity contribution in [1.82, 2.24) is 10.2 Å². The van der Waals surface area contributed by atoms with Crippen LogP contribution >= 0.6 is 0 Å². The molecule has 2 atom stereocenters. The molecule has 1 N–H and O–H groups in total. The van der Waals surface area contributed by atoms with Gasteiger partial charge in [0, 0.05) is 19.1 Å². The van der Waals surface area contributed by atoms with Crippen LogP contribution in [0.25, 0.3) is 0 Å². The molecule has 0 radical (unpaired) electrons. The second kappa shape index (κ2) is 7.66. The van der Waals surface area contributed by atoms with Crippen LogP contribution in [-0.2, 0) is 0 Å². The predicted molar refractivity (Wildman–Crippen MR) is 82.3 cm³/mol. The summed E-state index contributed by atoms with van der Waals surface area (Å²) in [5, 5.41) is 3.70. The van der Waals surface area contributed by atoms with Gasteiger partial charge in [0.25, 0.3) is 0 Å².